The van der Waals surface area contributed by atoms with Crippen molar-refractivity contribution in [2.24, 2.45) is 0 Å². The number of aromatic nitrogens is 1. The average molecular weight is 509 g/mol. The van der Waals surface area contributed by atoms with Gasteiger partial charge >= 0.3 is 6.18 Å². The molecule has 0 bridgehead atoms. The number of nitrogens with zero attached hydrogens (tertiary/aromatic N) is 3. The van der Waals surface area contributed by atoms with Crippen molar-refractivity contribution in [2.75, 3.05) is 37.6 Å². The van der Waals surface area contributed by atoms with Crippen molar-refractivity contribution in [3.63, 3.8) is 0 Å². The molecule has 4 rings (SSSR count). The zero-order valence-electron chi connectivity index (χ0n) is 19.6. The first kappa shape index (κ1) is 25.6. The third-order valence-corrected chi connectivity index (χ3v) is 5.69. The number of anilines is 1. The van der Waals surface area contributed by atoms with E-state index in [0.717, 1.165) is 5.69 Å². The summed E-state index contributed by atoms with van der Waals surface area (Å²) < 4.78 is 36.9. The number of amides is 2. The number of alkyl halides is 3. The van der Waals surface area contributed by atoms with E-state index in [9.17, 15) is 27.9 Å². The summed E-state index contributed by atoms with van der Waals surface area (Å²) in [6.07, 6.45) is -1.40. The highest BCUT2D eigenvalue weighted by atomic mass is 19.4. The molecule has 0 atom stereocenters. The van der Waals surface area contributed by atoms with Gasteiger partial charge in [-0.05, 0) is 48.5 Å². The van der Waals surface area contributed by atoms with Crippen LogP contribution in [0.1, 0.15) is 31.8 Å². The van der Waals surface area contributed by atoms with Crippen LogP contribution in [0.4, 0.5) is 18.9 Å². The number of halogens is 3. The van der Waals surface area contributed by atoms with Crippen molar-refractivity contribution in [1.82, 2.24) is 15.2 Å². The summed E-state index contributed by atoms with van der Waals surface area (Å²) in [6, 6.07) is 14.6. The van der Waals surface area contributed by atoms with E-state index in [1.807, 2.05) is 10.2 Å². The van der Waals surface area contributed by atoms with Crippen LogP contribution in [0.15, 0.2) is 67.0 Å². The third-order valence-electron chi connectivity index (χ3n) is 5.69. The molecule has 0 unspecified atom stereocenters. The first-order valence-corrected chi connectivity index (χ1v) is 11.4. The van der Waals surface area contributed by atoms with Gasteiger partial charge in [0.1, 0.15) is 12.3 Å². The molecule has 2 heterocycles. The van der Waals surface area contributed by atoms with Crippen molar-refractivity contribution in [1.29, 1.82) is 0 Å². The summed E-state index contributed by atoms with van der Waals surface area (Å²) in [7, 11) is 0. The Balaban J connectivity index is 1.34. The minimum Gasteiger partial charge on any atom is -0.508 e. The van der Waals surface area contributed by atoms with Crippen LogP contribution in [0.3, 0.4) is 0 Å². The Bertz CT molecular complexity index is 1340. The number of phenols is 1. The topological polar surface area (TPSA) is 85.8 Å². The lowest BCUT2D eigenvalue weighted by Crippen LogP contribution is -2.48. The molecule has 2 N–H and O–H groups in total. The number of carbonyl (C=O) groups is 2. The van der Waals surface area contributed by atoms with Gasteiger partial charge in [0.2, 0.25) is 0 Å². The molecule has 190 valence electrons. The lowest BCUT2D eigenvalue weighted by atomic mass is 10.1. The van der Waals surface area contributed by atoms with Crippen molar-refractivity contribution < 1.29 is 27.9 Å². The molecule has 1 fully saturated rings. The number of nitrogens with one attached hydrogen (secondary N) is 1. The molecular formula is C27H23F3N4O3. The van der Waals surface area contributed by atoms with Gasteiger partial charge in [-0.15, -0.1) is 0 Å². The fourth-order valence-electron chi connectivity index (χ4n) is 3.81. The van der Waals surface area contributed by atoms with Crippen LogP contribution in [0.25, 0.3) is 0 Å². The zero-order chi connectivity index (χ0) is 26.4. The molecule has 1 aliphatic heterocycles. The van der Waals surface area contributed by atoms with Crippen molar-refractivity contribution >= 4 is 17.5 Å². The van der Waals surface area contributed by atoms with E-state index in [1.165, 1.54) is 18.3 Å². The maximum atomic E-state index is 13.0. The first-order chi connectivity index (χ1) is 17.7. The Morgan fingerprint density at radius 2 is 1.62 bits per heavy atom. The molecule has 37 heavy (non-hydrogen) atoms. The normalized spacial score (nSPS) is 13.5. The molecule has 10 heteroatoms. The van der Waals surface area contributed by atoms with Crippen LogP contribution >= 0.6 is 0 Å². The van der Waals surface area contributed by atoms with Gasteiger partial charge in [-0.2, -0.15) is 13.2 Å². The Labute approximate surface area is 211 Å². The van der Waals surface area contributed by atoms with Gasteiger partial charge in [0.15, 0.2) is 0 Å². The summed E-state index contributed by atoms with van der Waals surface area (Å²) in [6.45, 7) is 0.648. The van der Waals surface area contributed by atoms with Crippen LogP contribution in [0.2, 0.25) is 0 Å². The Kier molecular flexibility index (Phi) is 7.63. The molecule has 3 aromatic rings. The highest BCUT2D eigenvalue weighted by molar-refractivity contribution is 5.95. The number of aromatic hydroxyl groups is 1. The molecule has 7 nitrogen and oxygen atoms in total. The molecule has 1 aliphatic rings. The molecule has 0 aliphatic carbocycles. The van der Waals surface area contributed by atoms with E-state index in [0.29, 0.717) is 42.9 Å². The molecule has 1 aromatic heterocycles. The minimum absolute atomic E-state index is 0.121. The smallest absolute Gasteiger partial charge is 0.405 e. The van der Waals surface area contributed by atoms with Gasteiger partial charge in [-0.1, -0.05) is 17.9 Å². The molecular weight excluding hydrogens is 485 g/mol. The van der Waals surface area contributed by atoms with Gasteiger partial charge in [0.25, 0.3) is 11.8 Å². The van der Waals surface area contributed by atoms with Crippen LogP contribution in [-0.4, -0.2) is 65.7 Å². The number of benzene rings is 2. The maximum absolute atomic E-state index is 13.0. The lowest BCUT2D eigenvalue weighted by Gasteiger charge is -2.36. The van der Waals surface area contributed by atoms with Crippen LogP contribution in [-0.2, 0) is 0 Å². The zero-order valence-corrected chi connectivity index (χ0v) is 19.6. The summed E-state index contributed by atoms with van der Waals surface area (Å²) in [4.78, 5) is 32.8. The fraction of sp³-hybridized carbons (Fsp3) is 0.222. The molecule has 1 saturated heterocycles. The molecule has 2 aromatic carbocycles. The highest BCUT2D eigenvalue weighted by Crippen LogP contribution is 2.19. The number of piperazine rings is 1. The molecule has 0 spiro atoms. The number of carbonyl (C=O) groups excluding carboxylic acids is 2. The summed E-state index contributed by atoms with van der Waals surface area (Å²) in [5.74, 6) is 5.06. The average Bonchev–Trinajstić information content (AvgIpc) is 2.90. The van der Waals surface area contributed by atoms with Gasteiger partial charge in [-0.25, -0.2) is 0 Å². The molecule has 2 amide bonds. The largest absolute Gasteiger partial charge is 0.508 e. The Hall–Kier alpha value is -4.52. The van der Waals surface area contributed by atoms with Crippen LogP contribution < -0.4 is 10.2 Å². The van der Waals surface area contributed by atoms with E-state index < -0.39 is 18.6 Å². The summed E-state index contributed by atoms with van der Waals surface area (Å²) in [5.41, 5.74) is 2.59. The predicted molar refractivity (Wildman–Crippen MR) is 131 cm³/mol. The maximum Gasteiger partial charge on any atom is 0.405 e. The van der Waals surface area contributed by atoms with Gasteiger partial charge < -0.3 is 20.2 Å². The second-order valence-electron chi connectivity index (χ2n) is 8.39. The van der Waals surface area contributed by atoms with Gasteiger partial charge in [-0.3, -0.25) is 14.6 Å². The lowest BCUT2D eigenvalue weighted by molar-refractivity contribution is -0.123. The molecule has 0 radical (unpaired) electrons. The summed E-state index contributed by atoms with van der Waals surface area (Å²) >= 11 is 0. The summed E-state index contributed by atoms with van der Waals surface area (Å²) in [5, 5.41) is 11.4. The second-order valence-corrected chi connectivity index (χ2v) is 8.39. The van der Waals surface area contributed by atoms with Gasteiger partial charge in [0, 0.05) is 61.0 Å². The van der Waals surface area contributed by atoms with E-state index in [2.05, 4.69) is 16.8 Å². The van der Waals surface area contributed by atoms with Crippen molar-refractivity contribution in [3.8, 4) is 17.6 Å². The number of hydrogen-bond acceptors (Lipinski definition) is 5. The van der Waals surface area contributed by atoms with Gasteiger partial charge in [0.05, 0.1) is 5.56 Å². The standard InChI is InChI=1S/C27H23F3N4O3/c28-27(29,30)18-32-25(36)21-6-8-23(9-7-21)33-10-12-34(13-11-33)26(37)22-14-20(16-31-17-22)5-4-19-2-1-3-24(35)15-19/h1-3,6-9,14-17,35H,10-13,18H2,(H,32,36). The Morgan fingerprint density at radius 1 is 0.919 bits per heavy atom. The van der Waals surface area contributed by atoms with Crippen molar-refractivity contribution in [3.05, 3.63) is 89.2 Å². The monoisotopic (exact) mass is 508 g/mol. The van der Waals surface area contributed by atoms with Crippen LogP contribution in [0.5, 0.6) is 5.75 Å². The third kappa shape index (κ3) is 7.01. The van der Waals surface area contributed by atoms with Crippen LogP contribution in [0, 0.1) is 11.8 Å². The van der Waals surface area contributed by atoms with E-state index in [4.69, 9.17) is 0 Å². The quantitative estimate of drug-likeness (QED) is 0.528. The first-order valence-electron chi connectivity index (χ1n) is 11.4. The second kappa shape index (κ2) is 11.0. The Morgan fingerprint density at radius 3 is 2.30 bits per heavy atom. The minimum atomic E-state index is -4.47. The van der Waals surface area contributed by atoms with E-state index >= 15 is 0 Å². The molecule has 0 saturated carbocycles. The fourth-order valence-corrected chi connectivity index (χ4v) is 3.81. The van der Waals surface area contributed by atoms with E-state index in [-0.39, 0.29) is 17.2 Å². The SMILES string of the molecule is O=C(NCC(F)(F)F)c1ccc(N2CCN(C(=O)c3cncc(C#Cc4cccc(O)c4)c3)CC2)cc1. The number of phenolic OH excluding ortho intramolecular Hbond substituents is 1. The number of pyridine rings is 1. The predicted octanol–water partition coefficient (Wildman–Crippen LogP) is 3.44. The van der Waals surface area contributed by atoms with E-state index in [1.54, 1.807) is 53.6 Å². The highest BCUT2D eigenvalue weighted by Gasteiger charge is 2.28. The number of hydrogen-bond donors (Lipinski definition) is 2. The van der Waals surface area contributed by atoms with Crippen molar-refractivity contribution in [2.45, 2.75) is 6.18 Å². The number of rotatable bonds is 4.